The van der Waals surface area contributed by atoms with E-state index in [1.807, 2.05) is 17.5 Å². The minimum atomic E-state index is -0.682. The summed E-state index contributed by atoms with van der Waals surface area (Å²) in [5.41, 5.74) is 0.580. The summed E-state index contributed by atoms with van der Waals surface area (Å²) in [5, 5.41) is 10.4. The maximum absolute atomic E-state index is 12.8. The molecule has 2 fully saturated rings. The summed E-state index contributed by atoms with van der Waals surface area (Å²) < 4.78 is 5.15. The number of benzene rings is 1. The molecule has 2 aromatic rings. The van der Waals surface area contributed by atoms with Gasteiger partial charge in [-0.2, -0.15) is 0 Å². The van der Waals surface area contributed by atoms with E-state index < -0.39 is 24.2 Å². The number of urea groups is 1. The van der Waals surface area contributed by atoms with Gasteiger partial charge in [0.1, 0.15) is 17.8 Å². The number of anilines is 1. The van der Waals surface area contributed by atoms with Crippen molar-refractivity contribution in [2.45, 2.75) is 31.0 Å². The molecule has 3 unspecified atom stereocenters. The molecule has 9 heteroatoms. The molecule has 8 nitrogen and oxygen atoms in total. The first-order valence-electron chi connectivity index (χ1n) is 9.40. The van der Waals surface area contributed by atoms with Crippen molar-refractivity contribution in [3.05, 3.63) is 46.7 Å². The van der Waals surface area contributed by atoms with Gasteiger partial charge in [0.25, 0.3) is 0 Å². The lowest BCUT2D eigenvalue weighted by Crippen LogP contribution is -2.65. The van der Waals surface area contributed by atoms with Crippen molar-refractivity contribution in [1.82, 2.24) is 15.5 Å². The topological polar surface area (TPSA) is 99.8 Å². The van der Waals surface area contributed by atoms with Crippen molar-refractivity contribution >= 4 is 34.9 Å². The van der Waals surface area contributed by atoms with Gasteiger partial charge >= 0.3 is 6.03 Å². The summed E-state index contributed by atoms with van der Waals surface area (Å²) in [5.74, 6) is 0.305. The largest absolute Gasteiger partial charge is 0.497 e. The third-order valence-corrected chi connectivity index (χ3v) is 6.09. The van der Waals surface area contributed by atoms with Crippen LogP contribution in [0.3, 0.4) is 0 Å². The molecule has 0 bridgehead atoms. The summed E-state index contributed by atoms with van der Waals surface area (Å²) in [6.07, 6.45) is 1.01. The number of amides is 4. The average Bonchev–Trinajstić information content (AvgIpc) is 3.36. The third kappa shape index (κ3) is 4.04. The number of hydrogen-bond donors (Lipinski definition) is 3. The molecule has 2 aliphatic heterocycles. The van der Waals surface area contributed by atoms with Gasteiger partial charge in [-0.25, -0.2) is 4.79 Å². The van der Waals surface area contributed by atoms with Gasteiger partial charge in [-0.1, -0.05) is 12.1 Å². The Morgan fingerprint density at radius 1 is 1.31 bits per heavy atom. The van der Waals surface area contributed by atoms with Gasteiger partial charge in [0, 0.05) is 29.6 Å². The van der Waals surface area contributed by atoms with Crippen molar-refractivity contribution in [3.63, 3.8) is 0 Å². The van der Waals surface area contributed by atoms with Gasteiger partial charge in [0.05, 0.1) is 13.2 Å². The minimum absolute atomic E-state index is 0.0968. The fourth-order valence-corrected chi connectivity index (χ4v) is 4.59. The number of carbonyl (C=O) groups is 3. The molecule has 2 saturated heterocycles. The van der Waals surface area contributed by atoms with Crippen LogP contribution in [0.4, 0.5) is 10.5 Å². The number of rotatable bonds is 5. The summed E-state index contributed by atoms with van der Waals surface area (Å²) in [6.45, 7) is 0.446. The van der Waals surface area contributed by atoms with Crippen LogP contribution in [-0.2, 0) is 16.0 Å². The highest BCUT2D eigenvalue weighted by molar-refractivity contribution is 7.09. The number of hydrogen-bond acceptors (Lipinski definition) is 5. The number of thiophene rings is 1. The minimum Gasteiger partial charge on any atom is -0.497 e. The van der Waals surface area contributed by atoms with Crippen molar-refractivity contribution in [3.8, 4) is 5.75 Å². The molecule has 29 heavy (non-hydrogen) atoms. The Labute approximate surface area is 172 Å². The average molecular weight is 414 g/mol. The zero-order valence-electron chi connectivity index (χ0n) is 15.9. The Kier molecular flexibility index (Phi) is 5.39. The predicted octanol–water partition coefficient (Wildman–Crippen LogP) is 1.59. The summed E-state index contributed by atoms with van der Waals surface area (Å²) in [4.78, 5) is 40.6. The quantitative estimate of drug-likeness (QED) is 0.692. The van der Waals surface area contributed by atoms with Crippen LogP contribution in [0.15, 0.2) is 41.8 Å². The molecular weight excluding hydrogens is 392 g/mol. The van der Waals surface area contributed by atoms with Crippen LogP contribution in [0.5, 0.6) is 5.75 Å². The van der Waals surface area contributed by atoms with Crippen molar-refractivity contribution in [2.75, 3.05) is 19.0 Å². The standard InChI is InChI=1S/C20H22N4O4S/c1-28-13-5-2-4-12(10-13)21-20(27)23-15-7-8-24-17(15)18(25)22-16(19(24)26)11-14-6-3-9-29-14/h2-6,9-10,15-17H,7-8,11H2,1H3,(H,22,25)(H2,21,23,27). The van der Waals surface area contributed by atoms with Crippen LogP contribution >= 0.6 is 11.3 Å². The van der Waals surface area contributed by atoms with E-state index >= 15 is 0 Å². The predicted molar refractivity (Wildman–Crippen MR) is 109 cm³/mol. The van der Waals surface area contributed by atoms with Crippen molar-refractivity contribution < 1.29 is 19.1 Å². The highest BCUT2D eigenvalue weighted by Gasteiger charge is 2.48. The zero-order valence-corrected chi connectivity index (χ0v) is 16.7. The van der Waals surface area contributed by atoms with Gasteiger partial charge < -0.3 is 25.6 Å². The maximum Gasteiger partial charge on any atom is 0.319 e. The highest BCUT2D eigenvalue weighted by atomic mass is 32.1. The maximum atomic E-state index is 12.8. The first kappa shape index (κ1) is 19.3. The molecule has 3 heterocycles. The lowest BCUT2D eigenvalue weighted by molar-refractivity contribution is -0.147. The number of nitrogens with zero attached hydrogens (tertiary/aromatic N) is 1. The van der Waals surface area contributed by atoms with Gasteiger partial charge in [0.15, 0.2) is 0 Å². The van der Waals surface area contributed by atoms with Gasteiger partial charge in [-0.15, -0.1) is 11.3 Å². The van der Waals surface area contributed by atoms with Gasteiger partial charge in [-0.05, 0) is 30.0 Å². The van der Waals surface area contributed by atoms with E-state index in [0.717, 1.165) is 4.88 Å². The number of methoxy groups -OCH3 is 1. The van der Waals surface area contributed by atoms with Crippen LogP contribution in [-0.4, -0.2) is 54.5 Å². The Bertz CT molecular complexity index is 917. The molecule has 0 saturated carbocycles. The van der Waals surface area contributed by atoms with Gasteiger partial charge in [-0.3, -0.25) is 9.59 Å². The first-order chi connectivity index (χ1) is 14.0. The number of nitrogens with one attached hydrogen (secondary N) is 3. The molecule has 152 valence electrons. The summed E-state index contributed by atoms with van der Waals surface area (Å²) in [6, 6.07) is 8.78. The fourth-order valence-electron chi connectivity index (χ4n) is 3.84. The molecule has 0 radical (unpaired) electrons. The van der Waals surface area contributed by atoms with E-state index in [4.69, 9.17) is 4.74 Å². The first-order valence-corrected chi connectivity index (χ1v) is 10.3. The Morgan fingerprint density at radius 3 is 2.93 bits per heavy atom. The molecule has 3 atom stereocenters. The van der Waals surface area contributed by atoms with Crippen LogP contribution in [0.2, 0.25) is 0 Å². The van der Waals surface area contributed by atoms with E-state index in [2.05, 4.69) is 16.0 Å². The second-order valence-electron chi connectivity index (χ2n) is 7.05. The second-order valence-corrected chi connectivity index (χ2v) is 8.08. The molecule has 0 spiro atoms. The molecule has 4 rings (SSSR count). The van der Waals surface area contributed by atoms with E-state index in [9.17, 15) is 14.4 Å². The summed E-state index contributed by atoms with van der Waals surface area (Å²) in [7, 11) is 1.55. The molecule has 1 aromatic heterocycles. The number of piperazine rings is 1. The molecule has 0 aliphatic carbocycles. The molecule has 1 aromatic carbocycles. The smallest absolute Gasteiger partial charge is 0.319 e. The van der Waals surface area contributed by atoms with E-state index in [1.54, 1.807) is 47.6 Å². The second kappa shape index (κ2) is 8.12. The van der Waals surface area contributed by atoms with Crippen LogP contribution in [0, 0.1) is 0 Å². The van der Waals surface area contributed by atoms with E-state index in [0.29, 0.717) is 30.8 Å². The van der Waals surface area contributed by atoms with Gasteiger partial charge in [0.2, 0.25) is 11.8 Å². The number of fused-ring (bicyclic) bond motifs is 1. The zero-order chi connectivity index (χ0) is 20.4. The molecule has 3 N–H and O–H groups in total. The highest BCUT2D eigenvalue weighted by Crippen LogP contribution is 2.25. The number of carbonyl (C=O) groups excluding carboxylic acids is 3. The van der Waals surface area contributed by atoms with E-state index in [-0.39, 0.29) is 11.8 Å². The molecule has 4 amide bonds. The van der Waals surface area contributed by atoms with Crippen molar-refractivity contribution in [2.24, 2.45) is 0 Å². The van der Waals surface area contributed by atoms with Crippen LogP contribution in [0.25, 0.3) is 0 Å². The Morgan fingerprint density at radius 2 is 2.17 bits per heavy atom. The van der Waals surface area contributed by atoms with E-state index in [1.165, 1.54) is 0 Å². The van der Waals surface area contributed by atoms with Crippen LogP contribution in [0.1, 0.15) is 11.3 Å². The van der Waals surface area contributed by atoms with Crippen LogP contribution < -0.4 is 20.7 Å². The Hall–Kier alpha value is -3.07. The fraction of sp³-hybridized carbons (Fsp3) is 0.350. The van der Waals surface area contributed by atoms with Crippen molar-refractivity contribution in [1.29, 1.82) is 0 Å². The lowest BCUT2D eigenvalue weighted by atomic mass is 10.0. The lowest BCUT2D eigenvalue weighted by Gasteiger charge is -2.36. The third-order valence-electron chi connectivity index (χ3n) is 5.19. The Balaban J connectivity index is 1.39. The molecular formula is C20H22N4O4S. The monoisotopic (exact) mass is 414 g/mol. The normalized spacial score (nSPS) is 23.3. The molecule has 2 aliphatic rings. The number of ether oxygens (including phenoxy) is 1. The SMILES string of the molecule is COc1cccc(NC(=O)NC2CCN3C(=O)C(Cc4cccs4)NC(=O)C23)c1. The summed E-state index contributed by atoms with van der Waals surface area (Å²) >= 11 is 1.56.